The largest absolute Gasteiger partial charge is 0.379 e. The van der Waals surface area contributed by atoms with E-state index in [0.29, 0.717) is 6.54 Å². The number of aromatic nitrogens is 1. The topological polar surface area (TPSA) is 45.7 Å². The fraction of sp³-hybridized carbons (Fsp3) is 0.692. The van der Waals surface area contributed by atoms with Gasteiger partial charge in [-0.3, -0.25) is 9.69 Å². The first-order valence-electron chi connectivity index (χ1n) is 6.68. The highest BCUT2D eigenvalue weighted by molar-refractivity contribution is 9.10. The van der Waals surface area contributed by atoms with Gasteiger partial charge in [-0.1, -0.05) is 15.9 Å². The second-order valence-electron chi connectivity index (χ2n) is 4.93. The summed E-state index contributed by atoms with van der Waals surface area (Å²) in [5, 5.41) is 3.15. The number of hydrogen-bond donors (Lipinski definition) is 0. The van der Waals surface area contributed by atoms with Crippen molar-refractivity contribution in [3.8, 4) is 0 Å². The molecule has 0 radical (unpaired) electrons. The van der Waals surface area contributed by atoms with E-state index in [2.05, 4.69) is 25.8 Å². The molecule has 2 rings (SSSR count). The van der Waals surface area contributed by atoms with Gasteiger partial charge in [0.05, 0.1) is 36.8 Å². The summed E-state index contributed by atoms with van der Waals surface area (Å²) in [6, 6.07) is 0. The summed E-state index contributed by atoms with van der Waals surface area (Å²) in [5.74, 6) is 0.0766. The van der Waals surface area contributed by atoms with Crippen molar-refractivity contribution in [2.45, 2.75) is 24.8 Å². The summed E-state index contributed by atoms with van der Waals surface area (Å²) in [7, 11) is 1.81. The molecule has 1 aromatic heterocycles. The van der Waals surface area contributed by atoms with Crippen LogP contribution in [0.4, 0.5) is 0 Å². The number of carbonyl (C=O) groups is 1. The molecule has 1 amide bonds. The molecule has 0 spiro atoms. The predicted octanol–water partition coefficient (Wildman–Crippen LogP) is 1.72. The van der Waals surface area contributed by atoms with E-state index in [9.17, 15) is 4.79 Å². The number of amides is 1. The number of rotatable bonds is 5. The lowest BCUT2D eigenvalue weighted by molar-refractivity contribution is -0.129. The summed E-state index contributed by atoms with van der Waals surface area (Å²) in [4.78, 5) is 20.3. The summed E-state index contributed by atoms with van der Waals surface area (Å²) in [5.41, 5.74) is 0.960. The van der Waals surface area contributed by atoms with Crippen molar-refractivity contribution in [2.24, 2.45) is 0 Å². The molecule has 20 heavy (non-hydrogen) atoms. The molecule has 0 aliphatic carbocycles. The molecule has 2 heterocycles. The highest BCUT2D eigenvalue weighted by atomic mass is 79.9. The van der Waals surface area contributed by atoms with Gasteiger partial charge in [-0.2, -0.15) is 0 Å². The van der Waals surface area contributed by atoms with Gasteiger partial charge in [0, 0.05) is 25.5 Å². The minimum absolute atomic E-state index is 0.0766. The maximum absolute atomic E-state index is 11.8. The Balaban J connectivity index is 1.86. The molecule has 1 fully saturated rings. The van der Waals surface area contributed by atoms with Crippen LogP contribution in [0.3, 0.4) is 0 Å². The number of morpholine rings is 1. The van der Waals surface area contributed by atoms with E-state index in [-0.39, 0.29) is 10.7 Å². The van der Waals surface area contributed by atoms with Crippen LogP contribution in [0.25, 0.3) is 0 Å². The van der Waals surface area contributed by atoms with Crippen LogP contribution in [-0.2, 0) is 22.6 Å². The van der Waals surface area contributed by atoms with E-state index in [1.807, 2.05) is 12.3 Å². The van der Waals surface area contributed by atoms with Crippen LogP contribution in [0.1, 0.15) is 17.6 Å². The zero-order chi connectivity index (χ0) is 14.5. The predicted molar refractivity (Wildman–Crippen MR) is 83.1 cm³/mol. The molecule has 1 aromatic rings. The molecule has 7 heteroatoms. The van der Waals surface area contributed by atoms with Gasteiger partial charge < -0.3 is 9.64 Å². The minimum atomic E-state index is -0.154. The van der Waals surface area contributed by atoms with Gasteiger partial charge in [-0.25, -0.2) is 4.98 Å². The van der Waals surface area contributed by atoms with Gasteiger partial charge in [0.1, 0.15) is 5.01 Å². The molecule has 0 saturated carbocycles. The Morgan fingerprint density at radius 3 is 2.95 bits per heavy atom. The summed E-state index contributed by atoms with van der Waals surface area (Å²) in [6.07, 6.45) is 0. The van der Waals surface area contributed by atoms with Crippen molar-refractivity contribution in [1.29, 1.82) is 0 Å². The average molecular weight is 362 g/mol. The number of alkyl halides is 1. The molecular weight excluding hydrogens is 342 g/mol. The Hall–Kier alpha value is -0.500. The van der Waals surface area contributed by atoms with Crippen LogP contribution >= 0.6 is 27.3 Å². The second-order valence-corrected chi connectivity index (χ2v) is 7.25. The number of carbonyl (C=O) groups excluding carboxylic acids is 1. The maximum atomic E-state index is 11.8. The third kappa shape index (κ3) is 4.51. The minimum Gasteiger partial charge on any atom is -0.379 e. The molecule has 112 valence electrons. The molecule has 0 bridgehead atoms. The van der Waals surface area contributed by atoms with E-state index in [4.69, 9.17) is 4.74 Å². The average Bonchev–Trinajstić information content (AvgIpc) is 2.86. The Kier molecular flexibility index (Phi) is 5.95. The van der Waals surface area contributed by atoms with Gasteiger partial charge in [0.25, 0.3) is 0 Å². The van der Waals surface area contributed by atoms with Crippen molar-refractivity contribution >= 4 is 33.2 Å². The van der Waals surface area contributed by atoms with E-state index in [0.717, 1.165) is 43.5 Å². The third-order valence-corrected chi connectivity index (χ3v) is 4.45. The quantitative estimate of drug-likeness (QED) is 0.749. The number of halogens is 1. The molecule has 0 N–H and O–H groups in total. The number of nitrogens with zero attached hydrogens (tertiary/aromatic N) is 3. The lowest BCUT2D eigenvalue weighted by Gasteiger charge is -2.25. The number of hydrogen-bond acceptors (Lipinski definition) is 5. The number of thiazole rings is 1. The summed E-state index contributed by atoms with van der Waals surface area (Å²) in [6.45, 7) is 6.82. The molecule has 5 nitrogen and oxygen atoms in total. The van der Waals surface area contributed by atoms with Crippen LogP contribution in [0.2, 0.25) is 0 Å². The zero-order valence-corrected chi connectivity index (χ0v) is 14.2. The molecule has 1 saturated heterocycles. The van der Waals surface area contributed by atoms with E-state index < -0.39 is 0 Å². The van der Waals surface area contributed by atoms with Crippen LogP contribution in [0.15, 0.2) is 5.38 Å². The Labute approximate surface area is 132 Å². The fourth-order valence-electron chi connectivity index (χ4n) is 2.07. The fourth-order valence-corrected chi connectivity index (χ4v) is 3.25. The molecule has 1 atom stereocenters. The van der Waals surface area contributed by atoms with Crippen molar-refractivity contribution in [1.82, 2.24) is 14.8 Å². The lowest BCUT2D eigenvalue weighted by atomic mass is 10.3. The van der Waals surface area contributed by atoms with Crippen molar-refractivity contribution < 1.29 is 9.53 Å². The SMILES string of the molecule is CC(Br)C(=O)N(C)Cc1csc(CN2CCOCC2)n1. The summed E-state index contributed by atoms with van der Waals surface area (Å²) < 4.78 is 5.34. The first kappa shape index (κ1) is 15.9. The first-order valence-corrected chi connectivity index (χ1v) is 8.48. The Bertz CT molecular complexity index is 447. The molecule has 1 aliphatic heterocycles. The van der Waals surface area contributed by atoms with Crippen molar-refractivity contribution in [2.75, 3.05) is 33.4 Å². The summed E-state index contributed by atoms with van der Waals surface area (Å²) >= 11 is 4.96. The van der Waals surface area contributed by atoms with E-state index >= 15 is 0 Å². The van der Waals surface area contributed by atoms with Crippen LogP contribution in [-0.4, -0.2) is 58.9 Å². The van der Waals surface area contributed by atoms with Gasteiger partial charge in [-0.15, -0.1) is 11.3 Å². The second kappa shape index (κ2) is 7.49. The van der Waals surface area contributed by atoms with Gasteiger partial charge in [-0.05, 0) is 6.92 Å². The monoisotopic (exact) mass is 361 g/mol. The van der Waals surface area contributed by atoms with Gasteiger partial charge in [0.15, 0.2) is 0 Å². The van der Waals surface area contributed by atoms with Crippen LogP contribution in [0, 0.1) is 0 Å². The van der Waals surface area contributed by atoms with E-state index in [1.165, 1.54) is 0 Å². The van der Waals surface area contributed by atoms with Crippen LogP contribution < -0.4 is 0 Å². The van der Waals surface area contributed by atoms with Crippen LogP contribution in [0.5, 0.6) is 0 Å². The normalized spacial score (nSPS) is 17.9. The lowest BCUT2D eigenvalue weighted by Crippen LogP contribution is -2.35. The molecule has 1 unspecified atom stereocenters. The van der Waals surface area contributed by atoms with Gasteiger partial charge >= 0.3 is 0 Å². The van der Waals surface area contributed by atoms with Gasteiger partial charge in [0.2, 0.25) is 5.91 Å². The smallest absolute Gasteiger partial charge is 0.236 e. The highest BCUT2D eigenvalue weighted by Gasteiger charge is 2.17. The molecule has 1 aliphatic rings. The van der Waals surface area contributed by atoms with Crippen molar-refractivity contribution in [3.05, 3.63) is 16.1 Å². The highest BCUT2D eigenvalue weighted by Crippen LogP contribution is 2.15. The molecular formula is C13H20BrN3O2S. The Morgan fingerprint density at radius 2 is 2.30 bits per heavy atom. The van der Waals surface area contributed by atoms with Crippen molar-refractivity contribution in [3.63, 3.8) is 0 Å². The van der Waals surface area contributed by atoms with E-state index in [1.54, 1.807) is 23.3 Å². The maximum Gasteiger partial charge on any atom is 0.236 e. The first-order chi connectivity index (χ1) is 9.56. The number of ether oxygens (including phenoxy) is 1. The third-order valence-electron chi connectivity index (χ3n) is 3.18. The standard InChI is InChI=1S/C13H20BrN3O2S/c1-10(14)13(18)16(2)7-11-9-20-12(15-11)8-17-3-5-19-6-4-17/h9-10H,3-8H2,1-2H3. The zero-order valence-electron chi connectivity index (χ0n) is 11.8. The Morgan fingerprint density at radius 1 is 1.60 bits per heavy atom. The molecule has 0 aromatic carbocycles.